The van der Waals surface area contributed by atoms with Gasteiger partial charge in [-0.15, -0.1) is 6.58 Å². The molecule has 8 heavy (non-hydrogen) atoms. The molecule has 0 N–H and O–H groups in total. The zero-order valence-corrected chi connectivity index (χ0v) is 5.48. The van der Waals surface area contributed by atoms with Gasteiger partial charge in [-0.1, -0.05) is 12.5 Å². The minimum atomic E-state index is 0.146. The number of rotatable bonds is 3. The molecular weight excluding hydrogens is 100 g/mol. The third-order valence-corrected chi connectivity index (χ3v) is 0.903. The van der Waals surface area contributed by atoms with Crippen LogP contribution in [-0.4, -0.2) is 6.29 Å². The summed E-state index contributed by atoms with van der Waals surface area (Å²) in [6, 6.07) is 0. The van der Waals surface area contributed by atoms with Crippen molar-refractivity contribution in [2.24, 2.45) is 5.92 Å². The zero-order chi connectivity index (χ0) is 6.57. The summed E-state index contributed by atoms with van der Waals surface area (Å²) in [6.45, 7) is 7.51. The lowest BCUT2D eigenvalue weighted by atomic mass is 10.1. The van der Waals surface area contributed by atoms with E-state index in [0.29, 0.717) is 0 Å². The van der Waals surface area contributed by atoms with E-state index in [4.69, 9.17) is 0 Å². The molecule has 0 unspecified atom stereocenters. The van der Waals surface area contributed by atoms with Crippen LogP contribution in [-0.2, 0) is 4.79 Å². The Morgan fingerprint density at radius 2 is 2.38 bits per heavy atom. The highest BCUT2D eigenvalue weighted by Gasteiger charge is 1.96. The molecule has 1 atom stereocenters. The van der Waals surface area contributed by atoms with Gasteiger partial charge in [0, 0.05) is 5.92 Å². The molecule has 0 bridgehead atoms. The van der Waals surface area contributed by atoms with Crippen molar-refractivity contribution in [2.75, 3.05) is 0 Å². The summed E-state index contributed by atoms with van der Waals surface area (Å²) in [5.41, 5.74) is 1.07. The first kappa shape index (κ1) is 7.41. The van der Waals surface area contributed by atoms with Gasteiger partial charge in [-0.25, -0.2) is 0 Å². The van der Waals surface area contributed by atoms with Crippen molar-refractivity contribution >= 4 is 6.29 Å². The fourth-order valence-electron chi connectivity index (χ4n) is 0.598. The van der Waals surface area contributed by atoms with Crippen LogP contribution in [0.25, 0.3) is 0 Å². The second-order valence-corrected chi connectivity index (χ2v) is 2.27. The SMILES string of the molecule is C=C(C)C[C@@H](C)C=O. The molecule has 1 heteroatoms. The molecule has 0 aliphatic heterocycles. The van der Waals surface area contributed by atoms with Crippen LogP contribution >= 0.6 is 0 Å². The summed E-state index contributed by atoms with van der Waals surface area (Å²) >= 11 is 0. The largest absolute Gasteiger partial charge is 0.303 e. The highest BCUT2D eigenvalue weighted by atomic mass is 16.1. The maximum Gasteiger partial charge on any atom is 0.123 e. The highest BCUT2D eigenvalue weighted by Crippen LogP contribution is 2.04. The fourth-order valence-corrected chi connectivity index (χ4v) is 0.598. The number of hydrogen-bond acceptors (Lipinski definition) is 1. The molecule has 0 saturated heterocycles. The summed E-state index contributed by atoms with van der Waals surface area (Å²) in [7, 11) is 0. The predicted molar refractivity (Wildman–Crippen MR) is 34.7 cm³/mol. The second kappa shape index (κ2) is 3.42. The van der Waals surface area contributed by atoms with E-state index in [9.17, 15) is 4.79 Å². The molecule has 0 radical (unpaired) electrons. The van der Waals surface area contributed by atoms with Crippen molar-refractivity contribution < 1.29 is 4.79 Å². The third kappa shape index (κ3) is 3.59. The molecule has 0 saturated carbocycles. The number of carbonyl (C=O) groups is 1. The first-order chi connectivity index (χ1) is 3.66. The third-order valence-electron chi connectivity index (χ3n) is 0.903. The van der Waals surface area contributed by atoms with E-state index >= 15 is 0 Å². The van der Waals surface area contributed by atoms with Crippen molar-refractivity contribution in [1.29, 1.82) is 0 Å². The van der Waals surface area contributed by atoms with Crippen LogP contribution in [0.5, 0.6) is 0 Å². The summed E-state index contributed by atoms with van der Waals surface area (Å²) in [5, 5.41) is 0. The standard InChI is InChI=1S/C7H12O/c1-6(2)4-7(3)5-8/h5,7H,1,4H2,2-3H3/t7-/m1/s1. The molecule has 0 amide bonds. The molecule has 0 aromatic heterocycles. The van der Waals surface area contributed by atoms with Gasteiger partial charge >= 0.3 is 0 Å². The van der Waals surface area contributed by atoms with Gasteiger partial charge in [-0.2, -0.15) is 0 Å². The van der Waals surface area contributed by atoms with Crippen LogP contribution < -0.4 is 0 Å². The van der Waals surface area contributed by atoms with Crippen molar-refractivity contribution in [3.05, 3.63) is 12.2 Å². The van der Waals surface area contributed by atoms with E-state index in [1.54, 1.807) is 0 Å². The lowest BCUT2D eigenvalue weighted by Gasteiger charge is -1.98. The van der Waals surface area contributed by atoms with E-state index in [2.05, 4.69) is 6.58 Å². The summed E-state index contributed by atoms with van der Waals surface area (Å²) in [4.78, 5) is 10.00. The van der Waals surface area contributed by atoms with Gasteiger partial charge in [0.15, 0.2) is 0 Å². The maximum atomic E-state index is 10.00. The summed E-state index contributed by atoms with van der Waals surface area (Å²) < 4.78 is 0. The number of allylic oxidation sites excluding steroid dienone is 1. The predicted octanol–water partition coefficient (Wildman–Crippen LogP) is 1.79. The molecule has 0 fully saturated rings. The Balaban J connectivity index is 3.38. The minimum Gasteiger partial charge on any atom is -0.303 e. The van der Waals surface area contributed by atoms with Gasteiger partial charge in [-0.3, -0.25) is 0 Å². The molecule has 0 aliphatic carbocycles. The Labute approximate surface area is 50.4 Å². The van der Waals surface area contributed by atoms with Gasteiger partial charge in [0.1, 0.15) is 6.29 Å². The van der Waals surface area contributed by atoms with E-state index in [0.717, 1.165) is 18.3 Å². The van der Waals surface area contributed by atoms with Crippen LogP contribution in [0.2, 0.25) is 0 Å². The van der Waals surface area contributed by atoms with Crippen molar-refractivity contribution in [2.45, 2.75) is 20.3 Å². The monoisotopic (exact) mass is 112 g/mol. The van der Waals surface area contributed by atoms with E-state index in [1.165, 1.54) is 0 Å². The van der Waals surface area contributed by atoms with Gasteiger partial charge in [-0.05, 0) is 13.3 Å². The molecule has 0 rings (SSSR count). The van der Waals surface area contributed by atoms with Crippen molar-refractivity contribution in [3.63, 3.8) is 0 Å². The molecule has 0 aromatic carbocycles. The van der Waals surface area contributed by atoms with E-state index in [-0.39, 0.29) is 5.92 Å². The number of aldehydes is 1. The maximum absolute atomic E-state index is 10.00. The molecule has 46 valence electrons. The zero-order valence-electron chi connectivity index (χ0n) is 5.48. The van der Waals surface area contributed by atoms with Gasteiger partial charge < -0.3 is 4.79 Å². The summed E-state index contributed by atoms with van der Waals surface area (Å²) in [5.74, 6) is 0.146. The Kier molecular flexibility index (Phi) is 3.16. The van der Waals surface area contributed by atoms with E-state index < -0.39 is 0 Å². The van der Waals surface area contributed by atoms with Crippen LogP contribution in [0, 0.1) is 5.92 Å². The lowest BCUT2D eigenvalue weighted by molar-refractivity contribution is -0.110. The highest BCUT2D eigenvalue weighted by molar-refractivity contribution is 5.53. The first-order valence-corrected chi connectivity index (χ1v) is 2.76. The molecule has 0 spiro atoms. The molecule has 0 heterocycles. The Morgan fingerprint density at radius 3 is 2.50 bits per heavy atom. The van der Waals surface area contributed by atoms with E-state index in [1.807, 2.05) is 13.8 Å². The Hall–Kier alpha value is -0.590. The molecular formula is C7H12O. The average Bonchev–Trinajstić information content (AvgIpc) is 1.65. The number of carbonyl (C=O) groups excluding carboxylic acids is 1. The average molecular weight is 112 g/mol. The Morgan fingerprint density at radius 1 is 1.88 bits per heavy atom. The quantitative estimate of drug-likeness (QED) is 0.402. The smallest absolute Gasteiger partial charge is 0.123 e. The van der Waals surface area contributed by atoms with Crippen LogP contribution in [0.4, 0.5) is 0 Å². The van der Waals surface area contributed by atoms with Gasteiger partial charge in [0.25, 0.3) is 0 Å². The lowest BCUT2D eigenvalue weighted by Crippen LogP contribution is -1.94. The molecule has 0 aromatic rings. The molecule has 1 nitrogen and oxygen atoms in total. The number of hydrogen-bond donors (Lipinski definition) is 0. The Bertz CT molecular complexity index is 94.6. The summed E-state index contributed by atoms with van der Waals surface area (Å²) in [6.07, 6.45) is 1.78. The molecule has 0 aliphatic rings. The van der Waals surface area contributed by atoms with Crippen LogP contribution in [0.1, 0.15) is 20.3 Å². The minimum absolute atomic E-state index is 0.146. The van der Waals surface area contributed by atoms with Gasteiger partial charge in [0.2, 0.25) is 0 Å². The van der Waals surface area contributed by atoms with Crippen LogP contribution in [0.3, 0.4) is 0 Å². The van der Waals surface area contributed by atoms with Gasteiger partial charge in [0.05, 0.1) is 0 Å². The van der Waals surface area contributed by atoms with Crippen LogP contribution in [0.15, 0.2) is 12.2 Å². The van der Waals surface area contributed by atoms with Crippen molar-refractivity contribution in [3.8, 4) is 0 Å². The first-order valence-electron chi connectivity index (χ1n) is 2.76. The second-order valence-electron chi connectivity index (χ2n) is 2.27. The van der Waals surface area contributed by atoms with Crippen molar-refractivity contribution in [1.82, 2.24) is 0 Å². The fraction of sp³-hybridized carbons (Fsp3) is 0.571. The topological polar surface area (TPSA) is 17.1 Å². The normalized spacial score (nSPS) is 12.8.